The van der Waals surface area contributed by atoms with Gasteiger partial charge in [-0.3, -0.25) is 9.59 Å². The average Bonchev–Trinajstić information content (AvgIpc) is 2.72. The molecule has 0 spiro atoms. The lowest BCUT2D eigenvalue weighted by Gasteiger charge is -2.23. The lowest BCUT2D eigenvalue weighted by atomic mass is 9.95. The third kappa shape index (κ3) is 8.28. The number of carbonyl (C=O) groups excluding carboxylic acids is 2. The van der Waals surface area contributed by atoms with E-state index < -0.39 is 22.0 Å². The number of benzene rings is 1. The van der Waals surface area contributed by atoms with Crippen LogP contribution in [0.25, 0.3) is 0 Å². The minimum absolute atomic E-state index is 0.0805. The van der Waals surface area contributed by atoms with Gasteiger partial charge in [0.05, 0.1) is 4.90 Å². The van der Waals surface area contributed by atoms with Crippen molar-refractivity contribution >= 4 is 33.6 Å². The molecule has 168 valence electrons. The number of hydrogen-bond donors (Lipinski definition) is 3. The summed E-state index contributed by atoms with van der Waals surface area (Å²) in [6.07, 6.45) is 7.97. The molecule has 30 heavy (non-hydrogen) atoms. The lowest BCUT2D eigenvalue weighted by molar-refractivity contribution is -0.123. The van der Waals surface area contributed by atoms with Gasteiger partial charge in [-0.25, -0.2) is 8.42 Å². The van der Waals surface area contributed by atoms with Gasteiger partial charge in [0.1, 0.15) is 6.04 Å². The number of hydrogen-bond acceptors (Lipinski definition) is 5. The molecular weight excluding hydrogens is 422 g/mol. The van der Waals surface area contributed by atoms with Crippen molar-refractivity contribution in [2.24, 2.45) is 0 Å². The van der Waals surface area contributed by atoms with Gasteiger partial charge in [0.25, 0.3) is 0 Å². The molecule has 2 rings (SSSR count). The van der Waals surface area contributed by atoms with Crippen LogP contribution < -0.4 is 15.4 Å². The number of sulfonamides is 1. The Balaban J connectivity index is 1.87. The molecule has 1 aliphatic rings. The van der Waals surface area contributed by atoms with E-state index in [0.29, 0.717) is 12.2 Å². The monoisotopic (exact) mass is 455 g/mol. The highest BCUT2D eigenvalue weighted by molar-refractivity contribution is 7.98. The van der Waals surface area contributed by atoms with E-state index in [1.807, 2.05) is 13.2 Å². The summed E-state index contributed by atoms with van der Waals surface area (Å²) in [6.45, 7) is 2.06. The Hall–Kier alpha value is -1.58. The van der Waals surface area contributed by atoms with E-state index in [0.717, 1.165) is 31.2 Å². The summed E-state index contributed by atoms with van der Waals surface area (Å²) in [7, 11) is -3.81. The number of rotatable bonds is 11. The summed E-state index contributed by atoms with van der Waals surface area (Å²) in [5.74, 6) is 0.143. The Morgan fingerprint density at radius 2 is 1.80 bits per heavy atom. The number of thioether (sulfide) groups is 1. The van der Waals surface area contributed by atoms with Gasteiger partial charge in [0.2, 0.25) is 21.8 Å². The third-order valence-corrected chi connectivity index (χ3v) is 7.31. The van der Waals surface area contributed by atoms with Crippen LogP contribution in [0.4, 0.5) is 0 Å². The molecule has 0 radical (unpaired) electrons. The summed E-state index contributed by atoms with van der Waals surface area (Å²) in [6, 6.07) is 5.84. The van der Waals surface area contributed by atoms with E-state index in [2.05, 4.69) is 15.4 Å². The zero-order valence-electron chi connectivity index (χ0n) is 17.8. The topological polar surface area (TPSA) is 104 Å². The summed E-state index contributed by atoms with van der Waals surface area (Å²) in [4.78, 5) is 24.8. The molecule has 1 aromatic carbocycles. The van der Waals surface area contributed by atoms with Crippen LogP contribution in [0.3, 0.4) is 0 Å². The molecule has 1 unspecified atom stereocenters. The van der Waals surface area contributed by atoms with Crippen molar-refractivity contribution in [1.82, 2.24) is 15.4 Å². The minimum atomic E-state index is -3.81. The second-order valence-electron chi connectivity index (χ2n) is 7.71. The first-order valence-corrected chi connectivity index (χ1v) is 13.3. The zero-order chi connectivity index (χ0) is 22.0. The number of carbonyl (C=O) groups is 2. The van der Waals surface area contributed by atoms with Crippen LogP contribution in [0.15, 0.2) is 29.2 Å². The summed E-state index contributed by atoms with van der Waals surface area (Å²) < 4.78 is 27.8. The summed E-state index contributed by atoms with van der Waals surface area (Å²) in [5.41, 5.74) is 0.956. The molecule has 1 aromatic rings. The fraction of sp³-hybridized carbons (Fsp3) is 0.619. The Kier molecular flexibility index (Phi) is 10.1. The highest BCUT2D eigenvalue weighted by atomic mass is 32.2. The second kappa shape index (κ2) is 12.3. The fourth-order valence-electron chi connectivity index (χ4n) is 3.42. The van der Waals surface area contributed by atoms with E-state index in [1.54, 1.807) is 23.9 Å². The SMILES string of the molecule is CSCCC(NS(=O)(=O)c1ccc(C)cc1)C(=O)NCCC(=O)NC1CCCCC1. The van der Waals surface area contributed by atoms with Crippen molar-refractivity contribution < 1.29 is 18.0 Å². The molecule has 1 atom stereocenters. The first-order valence-electron chi connectivity index (χ1n) is 10.5. The molecule has 1 aliphatic carbocycles. The third-order valence-electron chi connectivity index (χ3n) is 5.18. The van der Waals surface area contributed by atoms with Crippen molar-refractivity contribution in [3.05, 3.63) is 29.8 Å². The number of nitrogens with one attached hydrogen (secondary N) is 3. The van der Waals surface area contributed by atoms with Crippen molar-refractivity contribution in [3.63, 3.8) is 0 Å². The standard InChI is InChI=1S/C21H33N3O4S2/c1-16-8-10-18(11-9-16)30(27,28)24-19(13-15-29-2)21(26)22-14-12-20(25)23-17-6-4-3-5-7-17/h8-11,17,19,24H,3-7,12-15H2,1-2H3,(H,22,26)(H,23,25). The maximum absolute atomic E-state index is 12.7. The Morgan fingerprint density at radius 3 is 2.43 bits per heavy atom. The van der Waals surface area contributed by atoms with Crippen LogP contribution in [0, 0.1) is 6.92 Å². The van der Waals surface area contributed by atoms with Crippen LogP contribution in [0.2, 0.25) is 0 Å². The van der Waals surface area contributed by atoms with Gasteiger partial charge in [-0.1, -0.05) is 37.0 Å². The van der Waals surface area contributed by atoms with Crippen molar-refractivity contribution in [3.8, 4) is 0 Å². The quantitative estimate of drug-likeness (QED) is 0.475. The van der Waals surface area contributed by atoms with Gasteiger partial charge in [-0.2, -0.15) is 16.5 Å². The van der Waals surface area contributed by atoms with E-state index in [9.17, 15) is 18.0 Å². The molecule has 0 aromatic heterocycles. The molecule has 1 saturated carbocycles. The van der Waals surface area contributed by atoms with Crippen molar-refractivity contribution in [1.29, 1.82) is 0 Å². The van der Waals surface area contributed by atoms with E-state index >= 15 is 0 Å². The lowest BCUT2D eigenvalue weighted by Crippen LogP contribution is -2.47. The van der Waals surface area contributed by atoms with Crippen LogP contribution in [-0.2, 0) is 19.6 Å². The molecule has 2 amide bonds. The normalized spacial score (nSPS) is 16.1. The first kappa shape index (κ1) is 24.7. The Labute approximate surface area is 184 Å². The number of amides is 2. The maximum atomic E-state index is 12.7. The van der Waals surface area contributed by atoms with Crippen LogP contribution >= 0.6 is 11.8 Å². The van der Waals surface area contributed by atoms with Gasteiger partial charge in [0, 0.05) is 19.0 Å². The summed E-state index contributed by atoms with van der Waals surface area (Å²) >= 11 is 1.54. The second-order valence-corrected chi connectivity index (χ2v) is 10.4. The number of aryl methyl sites for hydroxylation is 1. The van der Waals surface area contributed by atoms with Crippen molar-refractivity contribution in [2.75, 3.05) is 18.6 Å². The smallest absolute Gasteiger partial charge is 0.241 e. The van der Waals surface area contributed by atoms with E-state index in [1.165, 1.54) is 18.6 Å². The Bertz CT molecular complexity index is 791. The molecular formula is C21H33N3O4S2. The van der Waals surface area contributed by atoms with Gasteiger partial charge in [-0.15, -0.1) is 0 Å². The molecule has 0 saturated heterocycles. The molecule has 0 aliphatic heterocycles. The summed E-state index contributed by atoms with van der Waals surface area (Å²) in [5, 5.41) is 5.72. The molecule has 7 nitrogen and oxygen atoms in total. The predicted molar refractivity (Wildman–Crippen MR) is 121 cm³/mol. The van der Waals surface area contributed by atoms with Crippen LogP contribution in [-0.4, -0.2) is 50.9 Å². The molecule has 0 bridgehead atoms. The molecule has 3 N–H and O–H groups in total. The zero-order valence-corrected chi connectivity index (χ0v) is 19.4. The highest BCUT2D eigenvalue weighted by Crippen LogP contribution is 2.17. The average molecular weight is 456 g/mol. The molecule has 0 heterocycles. The van der Waals surface area contributed by atoms with Crippen LogP contribution in [0.5, 0.6) is 0 Å². The maximum Gasteiger partial charge on any atom is 0.241 e. The molecule has 9 heteroatoms. The minimum Gasteiger partial charge on any atom is -0.354 e. The van der Waals surface area contributed by atoms with E-state index in [4.69, 9.17) is 0 Å². The van der Waals surface area contributed by atoms with Crippen molar-refractivity contribution in [2.45, 2.75) is 68.8 Å². The first-order chi connectivity index (χ1) is 14.3. The molecule has 1 fully saturated rings. The van der Waals surface area contributed by atoms with Gasteiger partial charge in [0.15, 0.2) is 0 Å². The van der Waals surface area contributed by atoms with Gasteiger partial charge in [-0.05, 0) is 50.3 Å². The van der Waals surface area contributed by atoms with Gasteiger partial charge >= 0.3 is 0 Å². The highest BCUT2D eigenvalue weighted by Gasteiger charge is 2.25. The van der Waals surface area contributed by atoms with Crippen LogP contribution in [0.1, 0.15) is 50.5 Å². The fourth-order valence-corrected chi connectivity index (χ4v) is 5.12. The Morgan fingerprint density at radius 1 is 1.13 bits per heavy atom. The van der Waals surface area contributed by atoms with Gasteiger partial charge < -0.3 is 10.6 Å². The largest absolute Gasteiger partial charge is 0.354 e. The van der Waals surface area contributed by atoms with E-state index in [-0.39, 0.29) is 29.8 Å². The predicted octanol–water partition coefficient (Wildman–Crippen LogP) is 2.35.